The van der Waals surface area contributed by atoms with Crippen LogP contribution in [0, 0.1) is 6.57 Å². The normalized spacial score (nSPS) is 13.7. The van der Waals surface area contributed by atoms with Gasteiger partial charge in [-0.05, 0) is 18.4 Å². The van der Waals surface area contributed by atoms with Crippen molar-refractivity contribution >= 4 is 39.9 Å². The molecule has 1 aromatic carbocycles. The van der Waals surface area contributed by atoms with Gasteiger partial charge in [0.15, 0.2) is 10.9 Å². The zero-order valence-electron chi connectivity index (χ0n) is 16.8. The van der Waals surface area contributed by atoms with Gasteiger partial charge in [0.25, 0.3) is 11.7 Å². The molecule has 31 heavy (non-hydrogen) atoms. The molecule has 0 bridgehead atoms. The van der Waals surface area contributed by atoms with Gasteiger partial charge in [-0.2, -0.15) is 0 Å². The molecule has 2 aromatic heterocycles. The van der Waals surface area contributed by atoms with Crippen LogP contribution < -0.4 is 4.74 Å². The first-order valence-electron chi connectivity index (χ1n) is 9.73. The minimum Gasteiger partial charge on any atom is -0.494 e. The van der Waals surface area contributed by atoms with Crippen LogP contribution in [0.1, 0.15) is 28.8 Å². The molecule has 0 unspecified atom stereocenters. The maximum Gasteiger partial charge on any atom is 0.295 e. The van der Waals surface area contributed by atoms with Crippen molar-refractivity contribution < 1.29 is 14.3 Å². The maximum absolute atomic E-state index is 13.0. The lowest BCUT2D eigenvalue weighted by molar-refractivity contribution is -0.126. The SMILES string of the molecule is [C-]#[N+]C(=C1CCN(C(=O)C(=O)c2c[nH]c3c(Cl)ncc(OC)c23)CC1)c1ccccc1. The van der Waals surface area contributed by atoms with Crippen molar-refractivity contribution in [2.45, 2.75) is 12.8 Å². The van der Waals surface area contributed by atoms with Crippen LogP contribution in [0.25, 0.3) is 21.4 Å². The molecule has 4 rings (SSSR count). The highest BCUT2D eigenvalue weighted by atomic mass is 35.5. The summed E-state index contributed by atoms with van der Waals surface area (Å²) < 4.78 is 5.30. The minimum atomic E-state index is -0.632. The molecule has 1 aliphatic heterocycles. The van der Waals surface area contributed by atoms with Gasteiger partial charge in [0.05, 0.1) is 36.3 Å². The van der Waals surface area contributed by atoms with Gasteiger partial charge in [-0.25, -0.2) is 9.83 Å². The Kier molecular flexibility index (Phi) is 5.74. The molecule has 3 aromatic rings. The molecule has 0 aliphatic carbocycles. The number of aromatic amines is 1. The number of pyridine rings is 1. The highest BCUT2D eigenvalue weighted by Gasteiger charge is 2.29. The van der Waals surface area contributed by atoms with E-state index in [0.29, 0.717) is 48.3 Å². The number of piperidine rings is 1. The third kappa shape index (κ3) is 3.78. The van der Waals surface area contributed by atoms with Crippen LogP contribution in [0.5, 0.6) is 5.75 Å². The van der Waals surface area contributed by atoms with Crippen LogP contribution in [-0.4, -0.2) is 46.8 Å². The summed E-state index contributed by atoms with van der Waals surface area (Å²) in [7, 11) is 1.47. The quantitative estimate of drug-likeness (QED) is 0.286. The molecule has 1 saturated heterocycles. The van der Waals surface area contributed by atoms with Gasteiger partial charge in [-0.3, -0.25) is 9.59 Å². The smallest absolute Gasteiger partial charge is 0.295 e. The van der Waals surface area contributed by atoms with Crippen molar-refractivity contribution in [3.8, 4) is 5.75 Å². The number of ketones is 1. The molecule has 1 N–H and O–H groups in total. The number of likely N-dealkylation sites (tertiary alicyclic amines) is 1. The molecule has 0 atom stereocenters. The van der Waals surface area contributed by atoms with Gasteiger partial charge in [0.1, 0.15) is 5.75 Å². The number of Topliss-reactive ketones (excluding diaryl/α,β-unsaturated/α-hetero) is 1. The fourth-order valence-corrected chi connectivity index (χ4v) is 4.04. The fraction of sp³-hybridized carbons (Fsp3) is 0.217. The van der Waals surface area contributed by atoms with Gasteiger partial charge in [0.2, 0.25) is 0 Å². The number of halogens is 1. The van der Waals surface area contributed by atoms with Crippen molar-refractivity contribution in [1.29, 1.82) is 0 Å². The lowest BCUT2D eigenvalue weighted by atomic mass is 9.97. The van der Waals surface area contributed by atoms with Crippen molar-refractivity contribution in [3.63, 3.8) is 0 Å². The molecule has 0 saturated carbocycles. The zero-order valence-corrected chi connectivity index (χ0v) is 17.6. The molecule has 1 fully saturated rings. The van der Waals surface area contributed by atoms with E-state index in [0.717, 1.165) is 11.1 Å². The van der Waals surface area contributed by atoms with Gasteiger partial charge < -0.3 is 14.6 Å². The zero-order chi connectivity index (χ0) is 22.0. The van der Waals surface area contributed by atoms with E-state index in [9.17, 15) is 9.59 Å². The number of benzene rings is 1. The summed E-state index contributed by atoms with van der Waals surface area (Å²) in [6.07, 6.45) is 3.99. The van der Waals surface area contributed by atoms with Crippen LogP contribution in [0.3, 0.4) is 0 Å². The number of rotatable bonds is 4. The number of methoxy groups -OCH3 is 1. The van der Waals surface area contributed by atoms with E-state index in [1.807, 2.05) is 30.3 Å². The van der Waals surface area contributed by atoms with Crippen molar-refractivity contribution in [2.24, 2.45) is 0 Å². The first-order valence-corrected chi connectivity index (χ1v) is 10.1. The van der Waals surface area contributed by atoms with Gasteiger partial charge in [0, 0.05) is 19.3 Å². The fourth-order valence-electron chi connectivity index (χ4n) is 3.84. The van der Waals surface area contributed by atoms with E-state index < -0.39 is 11.7 Å². The molecule has 8 heteroatoms. The molecule has 1 amide bonds. The third-order valence-electron chi connectivity index (χ3n) is 5.43. The number of hydrogen-bond acceptors (Lipinski definition) is 4. The number of H-pyrrole nitrogens is 1. The first-order chi connectivity index (χ1) is 15.0. The average molecular weight is 435 g/mol. The summed E-state index contributed by atoms with van der Waals surface area (Å²) in [4.78, 5) is 38.1. The number of fused-ring (bicyclic) bond motifs is 1. The Hall–Kier alpha value is -3.63. The van der Waals surface area contributed by atoms with Crippen LogP contribution in [0.2, 0.25) is 5.15 Å². The molecule has 1 aliphatic rings. The van der Waals surface area contributed by atoms with E-state index in [4.69, 9.17) is 22.9 Å². The monoisotopic (exact) mass is 434 g/mol. The highest BCUT2D eigenvalue weighted by molar-refractivity contribution is 6.45. The van der Waals surface area contributed by atoms with Gasteiger partial charge in [-0.15, -0.1) is 0 Å². The second-order valence-corrected chi connectivity index (χ2v) is 7.48. The number of nitrogens with zero attached hydrogens (tertiary/aromatic N) is 3. The lowest BCUT2D eigenvalue weighted by Crippen LogP contribution is -2.40. The van der Waals surface area contributed by atoms with Crippen molar-refractivity contribution in [3.05, 3.63) is 76.0 Å². The third-order valence-corrected chi connectivity index (χ3v) is 5.72. The number of carbonyl (C=O) groups is 2. The number of amides is 1. The Morgan fingerprint density at radius 1 is 1.23 bits per heavy atom. The van der Waals surface area contributed by atoms with Gasteiger partial charge in [-0.1, -0.05) is 47.5 Å². The molecule has 0 radical (unpaired) electrons. The Morgan fingerprint density at radius 2 is 1.94 bits per heavy atom. The second-order valence-electron chi connectivity index (χ2n) is 7.12. The van der Waals surface area contributed by atoms with Crippen LogP contribution in [0.4, 0.5) is 0 Å². The summed E-state index contributed by atoms with van der Waals surface area (Å²) in [6, 6.07) is 9.52. The van der Waals surface area contributed by atoms with E-state index in [1.165, 1.54) is 24.4 Å². The molecular weight excluding hydrogens is 416 g/mol. The van der Waals surface area contributed by atoms with Gasteiger partial charge >= 0.3 is 0 Å². The van der Waals surface area contributed by atoms with Crippen LogP contribution in [0.15, 0.2) is 48.3 Å². The van der Waals surface area contributed by atoms with E-state index in [1.54, 1.807) is 0 Å². The summed E-state index contributed by atoms with van der Waals surface area (Å²) in [5.41, 5.74) is 3.16. The van der Waals surface area contributed by atoms with E-state index >= 15 is 0 Å². The molecule has 156 valence electrons. The summed E-state index contributed by atoms with van der Waals surface area (Å²) >= 11 is 6.11. The topological polar surface area (TPSA) is 79.7 Å². The Labute approximate surface area is 184 Å². The number of nitrogens with one attached hydrogen (secondary N) is 1. The Balaban J connectivity index is 1.55. The molecule has 3 heterocycles. The number of carbonyl (C=O) groups excluding carboxylic acids is 2. The maximum atomic E-state index is 13.0. The molecular formula is C23H19ClN4O3. The average Bonchev–Trinajstić information content (AvgIpc) is 3.26. The number of hydrogen-bond donors (Lipinski definition) is 1. The predicted molar refractivity (Wildman–Crippen MR) is 118 cm³/mol. The summed E-state index contributed by atoms with van der Waals surface area (Å²) in [5, 5.41) is 0.639. The summed E-state index contributed by atoms with van der Waals surface area (Å²) in [5.74, 6) is -0.850. The largest absolute Gasteiger partial charge is 0.494 e. The van der Waals surface area contributed by atoms with Crippen LogP contribution in [-0.2, 0) is 4.79 Å². The highest BCUT2D eigenvalue weighted by Crippen LogP contribution is 2.33. The number of ether oxygens (including phenoxy) is 1. The standard InChI is InChI=1S/C23H19ClN4O3/c1-25-19(14-6-4-3-5-7-14)15-8-10-28(11-9-15)23(30)21(29)16-12-26-20-18(16)17(31-2)13-27-22(20)24/h3-7,12-13,26H,8-11H2,2H3. The Morgan fingerprint density at radius 3 is 2.58 bits per heavy atom. The number of aromatic nitrogens is 2. The minimum absolute atomic E-state index is 0.197. The summed E-state index contributed by atoms with van der Waals surface area (Å²) in [6.45, 7) is 8.33. The second kappa shape index (κ2) is 8.62. The Bertz CT molecular complexity index is 1230. The van der Waals surface area contributed by atoms with Crippen molar-refractivity contribution in [1.82, 2.24) is 14.9 Å². The van der Waals surface area contributed by atoms with Crippen LogP contribution >= 0.6 is 11.6 Å². The molecule has 0 spiro atoms. The predicted octanol–water partition coefficient (Wildman–Crippen LogP) is 4.36. The lowest BCUT2D eigenvalue weighted by Gasteiger charge is -2.28. The van der Waals surface area contributed by atoms with E-state index in [-0.39, 0.29) is 10.7 Å². The first kappa shape index (κ1) is 20.6. The molecule has 7 nitrogen and oxygen atoms in total. The van der Waals surface area contributed by atoms with Crippen molar-refractivity contribution in [2.75, 3.05) is 20.2 Å². The van der Waals surface area contributed by atoms with E-state index in [2.05, 4.69) is 14.8 Å².